The van der Waals surface area contributed by atoms with Crippen LogP contribution in [0.25, 0.3) is 0 Å². The average molecular weight is 204 g/mol. The smallest absolute Gasteiger partial charge is 0.314 e. The number of fused-ring (bicyclic) bond motifs is 1. The van der Waals surface area contributed by atoms with Crippen molar-refractivity contribution in [3.63, 3.8) is 0 Å². The highest BCUT2D eigenvalue weighted by Gasteiger charge is 2.87. The van der Waals surface area contributed by atoms with E-state index in [1.54, 1.807) is 0 Å². The highest BCUT2D eigenvalue weighted by Crippen LogP contribution is 2.66. The topological polar surface area (TPSA) is 12.0 Å². The molecule has 0 aromatic heterocycles. The molecule has 1 saturated heterocycles. The summed E-state index contributed by atoms with van der Waals surface area (Å²) in [5, 5.41) is 2.44. The fourth-order valence-electron chi connectivity index (χ4n) is 1.85. The van der Waals surface area contributed by atoms with Gasteiger partial charge < -0.3 is 5.32 Å². The summed E-state index contributed by atoms with van der Waals surface area (Å²) in [7, 11) is 0. The Morgan fingerprint density at radius 3 is 2.33 bits per heavy atom. The van der Waals surface area contributed by atoms with E-state index in [2.05, 4.69) is 5.32 Å². The van der Waals surface area contributed by atoms with E-state index >= 15 is 0 Å². The van der Waals surface area contributed by atoms with Gasteiger partial charge in [-0.1, -0.05) is 0 Å². The van der Waals surface area contributed by atoms with Gasteiger partial charge in [-0.05, 0) is 0 Å². The van der Waals surface area contributed by atoms with Crippen molar-refractivity contribution in [2.45, 2.75) is 16.7 Å². The van der Waals surface area contributed by atoms with Gasteiger partial charge in [-0.3, -0.25) is 0 Å². The van der Waals surface area contributed by atoms with Gasteiger partial charge in [-0.2, -0.15) is 17.6 Å². The molecule has 0 aromatic carbocycles. The third kappa shape index (κ3) is 0.587. The highest BCUT2D eigenvalue weighted by atomic mass is 35.5. The molecule has 1 heterocycles. The normalized spacial score (nSPS) is 48.2. The molecule has 1 aliphatic heterocycles. The molecule has 0 amide bonds. The minimum atomic E-state index is -4.07. The van der Waals surface area contributed by atoms with Gasteiger partial charge in [-0.25, -0.2) is 0 Å². The van der Waals surface area contributed by atoms with Crippen molar-refractivity contribution in [2.75, 3.05) is 13.1 Å². The molecule has 2 aliphatic rings. The van der Waals surface area contributed by atoms with E-state index in [1.807, 2.05) is 0 Å². The summed E-state index contributed by atoms with van der Waals surface area (Å²) in [6.45, 7) is -0.381. The molecule has 2 fully saturated rings. The van der Waals surface area contributed by atoms with Crippen LogP contribution in [0.4, 0.5) is 17.6 Å². The van der Waals surface area contributed by atoms with Crippen molar-refractivity contribution in [2.24, 2.45) is 5.92 Å². The largest absolute Gasteiger partial charge is 0.331 e. The second-order valence-electron chi connectivity index (χ2n) is 3.24. The molecule has 0 unspecified atom stereocenters. The summed E-state index contributed by atoms with van der Waals surface area (Å²) < 4.78 is 50.8. The number of halogens is 5. The van der Waals surface area contributed by atoms with E-state index < -0.39 is 22.6 Å². The lowest BCUT2D eigenvalue weighted by molar-refractivity contribution is -0.326. The Morgan fingerprint density at radius 2 is 1.83 bits per heavy atom. The van der Waals surface area contributed by atoms with E-state index in [4.69, 9.17) is 11.6 Å². The summed E-state index contributed by atoms with van der Waals surface area (Å²) in [5.74, 6) is -9.45. The maximum absolute atomic E-state index is 12.7. The summed E-state index contributed by atoms with van der Waals surface area (Å²) in [6, 6.07) is 0. The van der Waals surface area contributed by atoms with E-state index in [1.165, 1.54) is 0 Å². The fraction of sp³-hybridized carbons (Fsp3) is 1.00. The van der Waals surface area contributed by atoms with Crippen LogP contribution in [-0.4, -0.2) is 29.8 Å². The SMILES string of the molecule is FC1(F)[C@@H]2CNC[C@@]2(Cl)C1(F)F. The standard InChI is InChI=1S/C6H6ClF4N/c7-4-2-12-1-3(4)5(8,9)6(4,10)11/h3,12H,1-2H2/t3-,4+/m1/s1. The first-order valence-corrected chi connectivity index (χ1v) is 3.87. The van der Waals surface area contributed by atoms with E-state index in [-0.39, 0.29) is 13.1 Å². The van der Waals surface area contributed by atoms with Crippen LogP contribution in [0.2, 0.25) is 0 Å². The van der Waals surface area contributed by atoms with Gasteiger partial charge in [0.25, 0.3) is 0 Å². The van der Waals surface area contributed by atoms with Crippen LogP contribution >= 0.6 is 11.6 Å². The zero-order valence-corrected chi connectivity index (χ0v) is 6.64. The van der Waals surface area contributed by atoms with Gasteiger partial charge in [-0.15, -0.1) is 11.6 Å². The maximum atomic E-state index is 12.7. The molecular formula is C6H6ClF4N. The average Bonchev–Trinajstić information content (AvgIpc) is 2.31. The lowest BCUT2D eigenvalue weighted by atomic mass is 9.67. The van der Waals surface area contributed by atoms with Crippen molar-refractivity contribution in [1.29, 1.82) is 0 Å². The molecule has 70 valence electrons. The number of hydrogen-bond donors (Lipinski definition) is 1. The lowest BCUT2D eigenvalue weighted by Gasteiger charge is -2.52. The summed E-state index contributed by atoms with van der Waals surface area (Å²) in [6.07, 6.45) is 0. The third-order valence-corrected chi connectivity index (χ3v) is 3.30. The first-order valence-electron chi connectivity index (χ1n) is 3.49. The minimum Gasteiger partial charge on any atom is -0.314 e. The van der Waals surface area contributed by atoms with Gasteiger partial charge in [0.05, 0.1) is 5.92 Å². The van der Waals surface area contributed by atoms with Crippen LogP contribution in [0.15, 0.2) is 0 Å². The van der Waals surface area contributed by atoms with Gasteiger partial charge >= 0.3 is 11.8 Å². The Kier molecular flexibility index (Phi) is 1.35. The van der Waals surface area contributed by atoms with Gasteiger partial charge in [0.1, 0.15) is 4.87 Å². The summed E-state index contributed by atoms with van der Waals surface area (Å²) in [5.41, 5.74) is 0. The molecule has 2 atom stereocenters. The molecule has 1 saturated carbocycles. The van der Waals surface area contributed by atoms with Crippen molar-refractivity contribution >= 4 is 11.6 Å². The van der Waals surface area contributed by atoms with Gasteiger partial charge in [0.15, 0.2) is 0 Å². The molecule has 2 rings (SSSR count). The third-order valence-electron chi connectivity index (χ3n) is 2.66. The summed E-state index contributed by atoms with van der Waals surface area (Å²) in [4.78, 5) is -2.06. The van der Waals surface area contributed by atoms with Crippen molar-refractivity contribution < 1.29 is 17.6 Å². The Hall–Kier alpha value is -0.0300. The molecular weight excluding hydrogens is 198 g/mol. The number of alkyl halides is 5. The van der Waals surface area contributed by atoms with E-state index in [0.717, 1.165) is 0 Å². The lowest BCUT2D eigenvalue weighted by Crippen LogP contribution is -2.75. The molecule has 0 bridgehead atoms. The van der Waals surface area contributed by atoms with Gasteiger partial charge in [0.2, 0.25) is 0 Å². The first-order chi connectivity index (χ1) is 5.34. The zero-order chi connectivity index (χ0) is 9.20. The molecule has 1 N–H and O–H groups in total. The van der Waals surface area contributed by atoms with E-state index in [9.17, 15) is 17.6 Å². The molecule has 1 nitrogen and oxygen atoms in total. The predicted octanol–water partition coefficient (Wildman–Crippen LogP) is 1.47. The monoisotopic (exact) mass is 203 g/mol. The Labute approximate surface area is 71.1 Å². The minimum absolute atomic E-state index is 0.133. The van der Waals surface area contributed by atoms with Crippen LogP contribution in [0.5, 0.6) is 0 Å². The second kappa shape index (κ2) is 1.90. The fourth-order valence-corrected chi connectivity index (χ4v) is 2.28. The first kappa shape index (κ1) is 8.56. The maximum Gasteiger partial charge on any atom is 0.331 e. The molecule has 6 heteroatoms. The number of hydrogen-bond acceptors (Lipinski definition) is 1. The van der Waals surface area contributed by atoms with Crippen LogP contribution in [-0.2, 0) is 0 Å². The number of nitrogens with one attached hydrogen (secondary N) is 1. The molecule has 12 heavy (non-hydrogen) atoms. The van der Waals surface area contributed by atoms with Crippen LogP contribution in [0, 0.1) is 5.92 Å². The second-order valence-corrected chi connectivity index (χ2v) is 3.92. The van der Waals surface area contributed by atoms with E-state index in [0.29, 0.717) is 0 Å². The van der Waals surface area contributed by atoms with Crippen LogP contribution in [0.1, 0.15) is 0 Å². The summed E-state index contributed by atoms with van der Waals surface area (Å²) >= 11 is 5.39. The Morgan fingerprint density at radius 1 is 1.25 bits per heavy atom. The predicted molar refractivity (Wildman–Crippen MR) is 34.8 cm³/mol. The van der Waals surface area contributed by atoms with Gasteiger partial charge in [0, 0.05) is 13.1 Å². The number of rotatable bonds is 0. The molecule has 1 aliphatic carbocycles. The van der Waals surface area contributed by atoms with Crippen LogP contribution < -0.4 is 5.32 Å². The van der Waals surface area contributed by atoms with Crippen molar-refractivity contribution in [3.05, 3.63) is 0 Å². The van der Waals surface area contributed by atoms with Crippen molar-refractivity contribution in [3.8, 4) is 0 Å². The van der Waals surface area contributed by atoms with Crippen LogP contribution in [0.3, 0.4) is 0 Å². The quantitative estimate of drug-likeness (QED) is 0.464. The Bertz CT molecular complexity index is 229. The molecule has 0 aromatic rings. The highest BCUT2D eigenvalue weighted by molar-refractivity contribution is 6.26. The zero-order valence-electron chi connectivity index (χ0n) is 5.88. The molecule has 0 spiro atoms. The van der Waals surface area contributed by atoms with Crippen molar-refractivity contribution in [1.82, 2.24) is 5.32 Å². The molecule has 0 radical (unpaired) electrons. The Balaban J connectivity index is 2.38.